The van der Waals surface area contributed by atoms with Crippen molar-refractivity contribution in [2.75, 3.05) is 0 Å². The highest BCUT2D eigenvalue weighted by molar-refractivity contribution is 6.80. The lowest BCUT2D eigenvalue weighted by Crippen LogP contribution is -2.73. The molecule has 0 bridgehead atoms. The maximum absolute atomic E-state index is 12.2. The molecular formula is C13H25NO2Si. The molecule has 0 radical (unpaired) electrons. The zero-order valence-electron chi connectivity index (χ0n) is 11.8. The average molecular weight is 255 g/mol. The van der Waals surface area contributed by atoms with Crippen LogP contribution in [0.1, 0.15) is 27.7 Å². The quantitative estimate of drug-likeness (QED) is 0.478. The standard InChI is InChI=1S/C13H25NO2Si/c1-8-10-11(9(2)15)12(16)14(10)17(6,7)13(3,4)5/h8-11,15H,1H2,2-7H3/t9?,10-,11-/m0/s1. The molecule has 0 spiro atoms. The summed E-state index contributed by atoms with van der Waals surface area (Å²) in [6.45, 7) is 16.5. The largest absolute Gasteiger partial charge is 0.392 e. The van der Waals surface area contributed by atoms with E-state index in [-0.39, 0.29) is 22.9 Å². The van der Waals surface area contributed by atoms with Crippen LogP contribution in [0.4, 0.5) is 0 Å². The Morgan fingerprint density at radius 1 is 1.47 bits per heavy atom. The van der Waals surface area contributed by atoms with Crippen LogP contribution in [0.25, 0.3) is 0 Å². The van der Waals surface area contributed by atoms with Crippen LogP contribution in [0.15, 0.2) is 12.7 Å². The van der Waals surface area contributed by atoms with Crippen molar-refractivity contribution in [2.45, 2.75) is 58.0 Å². The van der Waals surface area contributed by atoms with Crippen LogP contribution >= 0.6 is 0 Å². The molecule has 3 atom stereocenters. The van der Waals surface area contributed by atoms with E-state index in [1.165, 1.54) is 0 Å². The number of amides is 1. The van der Waals surface area contributed by atoms with Gasteiger partial charge in [0.05, 0.1) is 18.1 Å². The number of hydrogen-bond donors (Lipinski definition) is 1. The second kappa shape index (κ2) is 4.25. The van der Waals surface area contributed by atoms with Crippen LogP contribution in [0.3, 0.4) is 0 Å². The Morgan fingerprint density at radius 3 is 2.24 bits per heavy atom. The smallest absolute Gasteiger partial charge is 0.223 e. The fraction of sp³-hybridized carbons (Fsp3) is 0.769. The lowest BCUT2D eigenvalue weighted by Gasteiger charge is -2.58. The van der Waals surface area contributed by atoms with Crippen molar-refractivity contribution < 1.29 is 9.90 Å². The third-order valence-electron chi connectivity index (χ3n) is 4.39. The minimum absolute atomic E-state index is 0.00314. The Kier molecular flexibility index (Phi) is 3.61. The molecule has 1 aliphatic rings. The molecule has 1 fully saturated rings. The van der Waals surface area contributed by atoms with Gasteiger partial charge in [0.25, 0.3) is 0 Å². The summed E-state index contributed by atoms with van der Waals surface area (Å²) in [5.74, 6) is -0.196. The lowest BCUT2D eigenvalue weighted by molar-refractivity contribution is -0.151. The van der Waals surface area contributed by atoms with Crippen LogP contribution in [-0.2, 0) is 4.79 Å². The first-order valence-corrected chi connectivity index (χ1v) is 9.14. The van der Waals surface area contributed by atoms with Crippen molar-refractivity contribution in [3.63, 3.8) is 0 Å². The van der Waals surface area contributed by atoms with Gasteiger partial charge < -0.3 is 9.67 Å². The number of rotatable bonds is 3. The molecular weight excluding hydrogens is 230 g/mol. The van der Waals surface area contributed by atoms with Crippen molar-refractivity contribution in [1.29, 1.82) is 0 Å². The number of aliphatic hydroxyl groups excluding tert-OH is 1. The van der Waals surface area contributed by atoms with E-state index in [0.29, 0.717) is 0 Å². The number of carbonyl (C=O) groups excluding carboxylic acids is 1. The molecule has 98 valence electrons. The molecule has 3 nitrogen and oxygen atoms in total. The topological polar surface area (TPSA) is 40.5 Å². The summed E-state index contributed by atoms with van der Waals surface area (Å²) in [6, 6.07) is 0.00314. The van der Waals surface area contributed by atoms with E-state index in [1.54, 1.807) is 13.0 Å². The molecule has 1 rings (SSSR count). The van der Waals surface area contributed by atoms with Gasteiger partial charge in [0.2, 0.25) is 5.91 Å². The predicted molar refractivity (Wildman–Crippen MR) is 73.2 cm³/mol. The minimum Gasteiger partial charge on any atom is -0.392 e. The van der Waals surface area contributed by atoms with E-state index in [1.807, 2.05) is 4.57 Å². The molecule has 0 saturated carbocycles. The molecule has 0 aromatic rings. The van der Waals surface area contributed by atoms with Crippen LogP contribution in [0.5, 0.6) is 0 Å². The Bertz CT molecular complexity index is 331. The monoisotopic (exact) mass is 255 g/mol. The maximum atomic E-state index is 12.2. The van der Waals surface area contributed by atoms with Gasteiger partial charge in [-0.3, -0.25) is 4.79 Å². The summed E-state index contributed by atoms with van der Waals surface area (Å²) >= 11 is 0. The molecule has 4 heteroatoms. The summed E-state index contributed by atoms with van der Waals surface area (Å²) < 4.78 is 2.00. The summed E-state index contributed by atoms with van der Waals surface area (Å²) in [5, 5.41) is 9.77. The van der Waals surface area contributed by atoms with Gasteiger partial charge in [-0.25, -0.2) is 0 Å². The fourth-order valence-electron chi connectivity index (χ4n) is 2.29. The summed E-state index contributed by atoms with van der Waals surface area (Å²) in [4.78, 5) is 12.2. The van der Waals surface area contributed by atoms with Crippen LogP contribution < -0.4 is 0 Å². The minimum atomic E-state index is -1.85. The molecule has 0 aromatic carbocycles. The molecule has 1 heterocycles. The summed E-state index contributed by atoms with van der Waals surface area (Å²) in [7, 11) is -1.85. The Hall–Kier alpha value is -0.613. The van der Waals surface area contributed by atoms with E-state index >= 15 is 0 Å². The highest BCUT2D eigenvalue weighted by atomic mass is 28.3. The van der Waals surface area contributed by atoms with E-state index < -0.39 is 14.3 Å². The van der Waals surface area contributed by atoms with Gasteiger partial charge in [-0.2, -0.15) is 0 Å². The maximum Gasteiger partial charge on any atom is 0.223 e. The van der Waals surface area contributed by atoms with Gasteiger partial charge in [0.15, 0.2) is 8.24 Å². The first-order chi connectivity index (χ1) is 7.55. The molecule has 1 amide bonds. The van der Waals surface area contributed by atoms with Crippen molar-refractivity contribution in [2.24, 2.45) is 5.92 Å². The molecule has 0 aliphatic carbocycles. The van der Waals surface area contributed by atoms with Crippen LogP contribution in [0.2, 0.25) is 18.1 Å². The second-order valence-corrected chi connectivity index (χ2v) is 11.6. The van der Waals surface area contributed by atoms with Gasteiger partial charge in [0.1, 0.15) is 0 Å². The highest BCUT2D eigenvalue weighted by Crippen LogP contribution is 2.45. The number of hydrogen-bond acceptors (Lipinski definition) is 2. The van der Waals surface area contributed by atoms with Gasteiger partial charge in [-0.15, -0.1) is 6.58 Å². The lowest BCUT2D eigenvalue weighted by atomic mass is 9.86. The van der Waals surface area contributed by atoms with Gasteiger partial charge in [0, 0.05) is 0 Å². The van der Waals surface area contributed by atoms with Crippen molar-refractivity contribution >= 4 is 14.1 Å². The van der Waals surface area contributed by atoms with Crippen molar-refractivity contribution in [3.8, 4) is 0 Å². The Labute approximate surface area is 106 Å². The summed E-state index contributed by atoms with van der Waals surface area (Å²) in [5.41, 5.74) is 0. The highest BCUT2D eigenvalue weighted by Gasteiger charge is 2.57. The molecule has 1 N–H and O–H groups in total. The molecule has 17 heavy (non-hydrogen) atoms. The van der Waals surface area contributed by atoms with E-state index in [2.05, 4.69) is 40.4 Å². The first-order valence-electron chi connectivity index (χ1n) is 6.19. The number of carbonyl (C=O) groups is 1. The van der Waals surface area contributed by atoms with E-state index in [4.69, 9.17) is 0 Å². The van der Waals surface area contributed by atoms with Crippen molar-refractivity contribution in [3.05, 3.63) is 12.7 Å². The molecule has 1 aliphatic heterocycles. The number of nitrogens with zero attached hydrogens (tertiary/aromatic N) is 1. The van der Waals surface area contributed by atoms with Gasteiger partial charge in [-0.1, -0.05) is 39.9 Å². The van der Waals surface area contributed by atoms with E-state index in [9.17, 15) is 9.90 Å². The SMILES string of the molecule is C=C[C@H]1[C@H](C(C)O)C(=O)N1[Si](C)(C)C(C)(C)C. The van der Waals surface area contributed by atoms with Crippen molar-refractivity contribution in [1.82, 2.24) is 4.57 Å². The number of β-lactam (4-membered cyclic amide) rings is 1. The zero-order chi connectivity index (χ0) is 13.6. The predicted octanol–water partition coefficient (Wildman–Crippen LogP) is 2.39. The fourth-order valence-corrected chi connectivity index (χ4v) is 4.72. The first kappa shape index (κ1) is 14.4. The van der Waals surface area contributed by atoms with E-state index in [0.717, 1.165) is 0 Å². The molecule has 1 unspecified atom stereocenters. The van der Waals surface area contributed by atoms with Gasteiger partial charge in [-0.05, 0) is 12.0 Å². The van der Waals surface area contributed by atoms with Gasteiger partial charge >= 0.3 is 0 Å². The second-order valence-electron chi connectivity index (χ2n) is 6.51. The number of aliphatic hydroxyl groups is 1. The molecule has 1 saturated heterocycles. The van der Waals surface area contributed by atoms with Crippen LogP contribution in [-0.4, -0.2) is 36.0 Å². The molecule has 0 aromatic heterocycles. The zero-order valence-corrected chi connectivity index (χ0v) is 12.8. The third kappa shape index (κ3) is 2.08. The van der Waals surface area contributed by atoms with Crippen LogP contribution in [0, 0.1) is 5.92 Å². The Morgan fingerprint density at radius 2 is 1.94 bits per heavy atom. The normalized spacial score (nSPS) is 27.7. The Balaban J connectivity index is 3.02. The summed E-state index contributed by atoms with van der Waals surface area (Å²) in [6.07, 6.45) is 1.21. The third-order valence-corrected chi connectivity index (χ3v) is 9.78. The average Bonchev–Trinajstić information content (AvgIpc) is 2.10.